The van der Waals surface area contributed by atoms with Crippen molar-refractivity contribution in [2.75, 3.05) is 36.5 Å². The summed E-state index contributed by atoms with van der Waals surface area (Å²) in [6.45, 7) is 5.93. The Labute approximate surface area is 177 Å². The van der Waals surface area contributed by atoms with Crippen LogP contribution in [0.5, 0.6) is 0 Å². The number of piperazine rings is 1. The second kappa shape index (κ2) is 9.19. The molecule has 1 amide bonds. The number of para-hydroxylation sites is 2. The standard InChI is InChI=1S/C23H29N5O2/c1-18(17-22(30-23(24)29)19-7-3-2-4-8-19)26-13-15-27(16-14-26)28-12-11-25-20-9-5-6-10-21(20)28/h2-12,18,22,25H,13-17H2,1H3,(H2,24,29). The van der Waals surface area contributed by atoms with Crippen LogP contribution in [0, 0.1) is 0 Å². The molecule has 30 heavy (non-hydrogen) atoms. The van der Waals surface area contributed by atoms with Gasteiger partial charge in [-0.1, -0.05) is 42.5 Å². The van der Waals surface area contributed by atoms with Crippen molar-refractivity contribution in [1.29, 1.82) is 0 Å². The van der Waals surface area contributed by atoms with Crippen LogP contribution in [0.4, 0.5) is 16.2 Å². The zero-order valence-corrected chi connectivity index (χ0v) is 17.3. The number of fused-ring (bicyclic) bond motifs is 1. The van der Waals surface area contributed by atoms with Crippen LogP contribution in [-0.2, 0) is 4.74 Å². The van der Waals surface area contributed by atoms with Crippen LogP contribution in [0.2, 0.25) is 0 Å². The molecule has 158 valence electrons. The topological polar surface area (TPSA) is 74.1 Å². The predicted molar refractivity (Wildman–Crippen MR) is 119 cm³/mol. The van der Waals surface area contributed by atoms with E-state index in [2.05, 4.69) is 51.6 Å². The van der Waals surface area contributed by atoms with E-state index < -0.39 is 6.09 Å². The molecule has 0 bridgehead atoms. The van der Waals surface area contributed by atoms with Crippen LogP contribution in [-0.4, -0.2) is 48.2 Å². The van der Waals surface area contributed by atoms with Crippen molar-refractivity contribution in [1.82, 2.24) is 9.91 Å². The third-order valence-electron chi connectivity index (χ3n) is 5.81. The fourth-order valence-electron chi connectivity index (χ4n) is 4.21. The summed E-state index contributed by atoms with van der Waals surface area (Å²) in [6.07, 6.45) is 3.70. The number of hydrogen-bond donors (Lipinski definition) is 2. The number of primary amides is 1. The Kier molecular flexibility index (Phi) is 6.21. The van der Waals surface area contributed by atoms with E-state index >= 15 is 0 Å². The summed E-state index contributed by atoms with van der Waals surface area (Å²) in [5.41, 5.74) is 8.59. The van der Waals surface area contributed by atoms with E-state index in [1.165, 1.54) is 5.69 Å². The van der Waals surface area contributed by atoms with Gasteiger partial charge in [0.1, 0.15) is 6.10 Å². The van der Waals surface area contributed by atoms with Crippen LogP contribution >= 0.6 is 0 Å². The minimum atomic E-state index is -0.731. The Morgan fingerprint density at radius 2 is 1.77 bits per heavy atom. The van der Waals surface area contributed by atoms with Crippen LogP contribution < -0.4 is 16.1 Å². The fourth-order valence-corrected chi connectivity index (χ4v) is 4.21. The number of rotatable bonds is 6. The molecule has 0 aromatic heterocycles. The number of nitrogens with one attached hydrogen (secondary N) is 1. The molecule has 7 nitrogen and oxygen atoms in total. The molecule has 1 saturated heterocycles. The minimum absolute atomic E-state index is 0.266. The summed E-state index contributed by atoms with van der Waals surface area (Å²) >= 11 is 0. The molecular formula is C23H29N5O2. The van der Waals surface area contributed by atoms with Gasteiger partial charge < -0.3 is 15.8 Å². The van der Waals surface area contributed by atoms with Crippen LogP contribution in [0.1, 0.15) is 25.0 Å². The number of hydrogen-bond acceptors (Lipinski definition) is 6. The highest BCUT2D eigenvalue weighted by molar-refractivity contribution is 5.73. The molecule has 2 heterocycles. The number of hydrazine groups is 1. The van der Waals surface area contributed by atoms with Gasteiger partial charge in [0.05, 0.1) is 11.4 Å². The van der Waals surface area contributed by atoms with E-state index in [0.717, 1.165) is 37.4 Å². The third-order valence-corrected chi connectivity index (χ3v) is 5.81. The molecule has 1 fully saturated rings. The lowest BCUT2D eigenvalue weighted by Crippen LogP contribution is -2.54. The largest absolute Gasteiger partial charge is 0.441 e. The highest BCUT2D eigenvalue weighted by Gasteiger charge is 2.28. The monoisotopic (exact) mass is 407 g/mol. The van der Waals surface area contributed by atoms with E-state index in [1.54, 1.807) is 0 Å². The van der Waals surface area contributed by atoms with Crippen molar-refractivity contribution in [3.05, 3.63) is 72.6 Å². The molecule has 0 radical (unpaired) electrons. The molecule has 2 atom stereocenters. The average molecular weight is 408 g/mol. The summed E-state index contributed by atoms with van der Waals surface area (Å²) in [7, 11) is 0. The lowest BCUT2D eigenvalue weighted by Gasteiger charge is -2.44. The summed E-state index contributed by atoms with van der Waals surface area (Å²) in [5.74, 6) is 0. The van der Waals surface area contributed by atoms with Gasteiger partial charge in [0.25, 0.3) is 0 Å². The molecule has 0 saturated carbocycles. The highest BCUT2D eigenvalue weighted by atomic mass is 16.6. The van der Waals surface area contributed by atoms with Gasteiger partial charge in [0.15, 0.2) is 0 Å². The third kappa shape index (κ3) is 4.58. The molecule has 0 aliphatic carbocycles. The Morgan fingerprint density at radius 3 is 2.50 bits per heavy atom. The van der Waals surface area contributed by atoms with Crippen molar-refractivity contribution in [3.8, 4) is 0 Å². The van der Waals surface area contributed by atoms with E-state index in [0.29, 0.717) is 6.42 Å². The number of carbonyl (C=O) groups is 1. The fraction of sp³-hybridized carbons (Fsp3) is 0.348. The lowest BCUT2D eigenvalue weighted by molar-refractivity contribution is 0.0541. The van der Waals surface area contributed by atoms with Crippen LogP contribution in [0.3, 0.4) is 0 Å². The predicted octanol–water partition coefficient (Wildman–Crippen LogP) is 3.54. The van der Waals surface area contributed by atoms with E-state index in [4.69, 9.17) is 10.5 Å². The van der Waals surface area contributed by atoms with Gasteiger partial charge in [-0.25, -0.2) is 9.80 Å². The van der Waals surface area contributed by atoms with Gasteiger partial charge in [-0.05, 0) is 24.6 Å². The lowest BCUT2D eigenvalue weighted by atomic mass is 10.0. The number of ether oxygens (including phenoxy) is 1. The van der Waals surface area contributed by atoms with Gasteiger partial charge in [-0.3, -0.25) is 9.91 Å². The van der Waals surface area contributed by atoms with Crippen molar-refractivity contribution >= 4 is 17.5 Å². The van der Waals surface area contributed by atoms with E-state index in [9.17, 15) is 4.79 Å². The number of carbonyl (C=O) groups excluding carboxylic acids is 1. The van der Waals surface area contributed by atoms with Crippen LogP contribution in [0.15, 0.2) is 67.0 Å². The molecule has 4 rings (SSSR count). The van der Waals surface area contributed by atoms with Crippen molar-refractivity contribution in [2.24, 2.45) is 5.73 Å². The van der Waals surface area contributed by atoms with Crippen LogP contribution in [0.25, 0.3) is 0 Å². The maximum Gasteiger partial charge on any atom is 0.405 e. The first-order chi connectivity index (χ1) is 14.6. The second-order valence-electron chi connectivity index (χ2n) is 7.73. The highest BCUT2D eigenvalue weighted by Crippen LogP contribution is 2.31. The summed E-state index contributed by atoms with van der Waals surface area (Å²) in [6, 6.07) is 18.4. The van der Waals surface area contributed by atoms with Gasteiger partial charge in [0, 0.05) is 51.0 Å². The van der Waals surface area contributed by atoms with E-state index in [-0.39, 0.29) is 12.1 Å². The Bertz CT molecular complexity index is 880. The van der Waals surface area contributed by atoms with Gasteiger partial charge >= 0.3 is 6.09 Å². The molecule has 2 aromatic rings. The number of nitrogens with two attached hydrogens (primary N) is 1. The van der Waals surface area contributed by atoms with Crippen molar-refractivity contribution in [3.63, 3.8) is 0 Å². The summed E-state index contributed by atoms with van der Waals surface area (Å²) in [5, 5.41) is 7.90. The van der Waals surface area contributed by atoms with E-state index in [1.807, 2.05) is 42.6 Å². The first-order valence-electron chi connectivity index (χ1n) is 10.4. The molecule has 7 heteroatoms. The zero-order valence-electron chi connectivity index (χ0n) is 17.3. The Morgan fingerprint density at radius 1 is 1.07 bits per heavy atom. The molecular weight excluding hydrogens is 378 g/mol. The number of nitrogens with zero attached hydrogens (tertiary/aromatic N) is 3. The maximum absolute atomic E-state index is 11.4. The average Bonchev–Trinajstić information content (AvgIpc) is 2.78. The number of anilines is 2. The van der Waals surface area contributed by atoms with Crippen molar-refractivity contribution in [2.45, 2.75) is 25.5 Å². The smallest absolute Gasteiger partial charge is 0.405 e. The minimum Gasteiger partial charge on any atom is -0.441 e. The number of benzene rings is 2. The molecule has 0 spiro atoms. The first-order valence-corrected chi connectivity index (χ1v) is 10.4. The van der Waals surface area contributed by atoms with Crippen molar-refractivity contribution < 1.29 is 9.53 Å². The second-order valence-corrected chi connectivity index (χ2v) is 7.73. The van der Waals surface area contributed by atoms with Gasteiger partial charge in [0.2, 0.25) is 0 Å². The molecule has 2 aliphatic rings. The normalized spacial score (nSPS) is 18.9. The quantitative estimate of drug-likeness (QED) is 0.763. The SMILES string of the molecule is CC(CC(OC(N)=O)c1ccccc1)N1CCN(N2C=CNc3ccccc32)CC1. The first kappa shape index (κ1) is 20.3. The summed E-state index contributed by atoms with van der Waals surface area (Å²) < 4.78 is 5.43. The van der Waals surface area contributed by atoms with Gasteiger partial charge in [-0.2, -0.15) is 0 Å². The molecule has 2 aromatic carbocycles. The summed E-state index contributed by atoms with van der Waals surface area (Å²) in [4.78, 5) is 13.9. The zero-order chi connectivity index (χ0) is 20.9. The maximum atomic E-state index is 11.4. The Balaban J connectivity index is 1.37. The molecule has 2 unspecified atom stereocenters. The Hall–Kier alpha value is -3.03. The molecule has 2 aliphatic heterocycles. The molecule has 3 N–H and O–H groups in total. The van der Waals surface area contributed by atoms with Gasteiger partial charge in [-0.15, -0.1) is 0 Å². The number of amides is 1.